The Labute approximate surface area is 73.9 Å². The lowest BCUT2D eigenvalue weighted by Gasteiger charge is -2.00. The summed E-state index contributed by atoms with van der Waals surface area (Å²) in [6, 6.07) is 4.33. The number of hydroxylamine groups is 1. The molecule has 0 aliphatic rings. The summed E-state index contributed by atoms with van der Waals surface area (Å²) in [5.74, 6) is -0.635. The molecular formula is C7H7ClN2O2. The van der Waals surface area contributed by atoms with Gasteiger partial charge in [-0.2, -0.15) is 0 Å². The highest BCUT2D eigenvalue weighted by atomic mass is 35.5. The van der Waals surface area contributed by atoms with Crippen LogP contribution in [0.5, 0.6) is 0 Å². The van der Waals surface area contributed by atoms with Crippen LogP contribution >= 0.6 is 11.6 Å². The minimum absolute atomic E-state index is 0.225. The molecular weight excluding hydrogens is 180 g/mol. The van der Waals surface area contributed by atoms with Crippen LogP contribution in [0.15, 0.2) is 18.2 Å². The van der Waals surface area contributed by atoms with Crippen molar-refractivity contribution in [3.05, 3.63) is 28.8 Å². The lowest BCUT2D eigenvalue weighted by Crippen LogP contribution is -2.18. The Bertz CT molecular complexity index is 294. The standard InChI is InChI=1S/C7H7ClN2O2/c8-5-1-4(7(11)10-12)2-6(9)3-5/h1-3,12H,9H2,(H,10,11). The van der Waals surface area contributed by atoms with Crippen LogP contribution < -0.4 is 11.2 Å². The van der Waals surface area contributed by atoms with Gasteiger partial charge in [0.25, 0.3) is 5.91 Å². The summed E-state index contributed by atoms with van der Waals surface area (Å²) >= 11 is 5.61. The van der Waals surface area contributed by atoms with E-state index < -0.39 is 5.91 Å². The maximum Gasteiger partial charge on any atom is 0.274 e. The van der Waals surface area contributed by atoms with Gasteiger partial charge in [0.15, 0.2) is 0 Å². The molecule has 0 saturated heterocycles. The van der Waals surface area contributed by atoms with E-state index in [1.54, 1.807) is 0 Å². The predicted molar refractivity (Wildman–Crippen MR) is 45.1 cm³/mol. The molecule has 64 valence electrons. The Hall–Kier alpha value is -1.26. The van der Waals surface area contributed by atoms with Gasteiger partial charge >= 0.3 is 0 Å². The monoisotopic (exact) mass is 186 g/mol. The van der Waals surface area contributed by atoms with E-state index >= 15 is 0 Å². The fraction of sp³-hybridized carbons (Fsp3) is 0. The molecule has 1 aromatic carbocycles. The van der Waals surface area contributed by atoms with Crippen molar-refractivity contribution in [3.63, 3.8) is 0 Å². The Balaban J connectivity index is 3.08. The van der Waals surface area contributed by atoms with Crippen LogP contribution in [0.3, 0.4) is 0 Å². The first-order valence-corrected chi connectivity index (χ1v) is 3.52. The summed E-state index contributed by atoms with van der Waals surface area (Å²) in [6.07, 6.45) is 0. The highest BCUT2D eigenvalue weighted by Gasteiger charge is 2.05. The van der Waals surface area contributed by atoms with Gasteiger partial charge in [-0.1, -0.05) is 11.6 Å². The zero-order valence-electron chi connectivity index (χ0n) is 6.04. The van der Waals surface area contributed by atoms with Crippen molar-refractivity contribution in [3.8, 4) is 0 Å². The number of rotatable bonds is 1. The smallest absolute Gasteiger partial charge is 0.274 e. The van der Waals surface area contributed by atoms with E-state index in [4.69, 9.17) is 22.5 Å². The van der Waals surface area contributed by atoms with Gasteiger partial charge in [-0.3, -0.25) is 10.0 Å². The third-order valence-corrected chi connectivity index (χ3v) is 1.50. The highest BCUT2D eigenvalue weighted by molar-refractivity contribution is 6.31. The van der Waals surface area contributed by atoms with E-state index in [2.05, 4.69) is 0 Å². The van der Waals surface area contributed by atoms with Crippen LogP contribution in [0.25, 0.3) is 0 Å². The fourth-order valence-electron chi connectivity index (χ4n) is 0.808. The number of halogens is 1. The number of benzene rings is 1. The van der Waals surface area contributed by atoms with Crippen LogP contribution in [0.4, 0.5) is 5.69 Å². The molecule has 1 amide bonds. The van der Waals surface area contributed by atoms with Crippen LogP contribution in [0.1, 0.15) is 10.4 Å². The minimum atomic E-state index is -0.635. The molecule has 4 N–H and O–H groups in total. The molecule has 0 bridgehead atoms. The van der Waals surface area contributed by atoms with Gasteiger partial charge < -0.3 is 5.73 Å². The van der Waals surface area contributed by atoms with E-state index in [0.717, 1.165) is 0 Å². The predicted octanol–water partition coefficient (Wildman–Crippen LogP) is 1.04. The van der Waals surface area contributed by atoms with E-state index in [1.165, 1.54) is 23.7 Å². The molecule has 0 heterocycles. The van der Waals surface area contributed by atoms with Gasteiger partial charge in [-0.05, 0) is 18.2 Å². The molecule has 0 aromatic heterocycles. The van der Waals surface area contributed by atoms with Crippen molar-refractivity contribution in [1.82, 2.24) is 5.48 Å². The largest absolute Gasteiger partial charge is 0.399 e. The third-order valence-electron chi connectivity index (χ3n) is 1.28. The lowest BCUT2D eigenvalue weighted by molar-refractivity contribution is 0.0706. The second-order valence-corrected chi connectivity index (χ2v) is 2.65. The summed E-state index contributed by atoms with van der Waals surface area (Å²) in [4.78, 5) is 10.8. The molecule has 12 heavy (non-hydrogen) atoms. The van der Waals surface area contributed by atoms with E-state index in [-0.39, 0.29) is 5.56 Å². The highest BCUT2D eigenvalue weighted by Crippen LogP contribution is 2.16. The normalized spacial score (nSPS) is 9.50. The molecule has 5 heteroatoms. The maximum absolute atomic E-state index is 10.8. The quantitative estimate of drug-likeness (QED) is 0.349. The average Bonchev–Trinajstić information content (AvgIpc) is 2.01. The Morgan fingerprint density at radius 3 is 2.67 bits per heavy atom. The summed E-state index contributed by atoms with van der Waals surface area (Å²) in [6.45, 7) is 0. The van der Waals surface area contributed by atoms with Crippen molar-refractivity contribution in [2.45, 2.75) is 0 Å². The van der Waals surface area contributed by atoms with Gasteiger partial charge in [-0.25, -0.2) is 5.48 Å². The van der Waals surface area contributed by atoms with Crippen LogP contribution in [-0.4, -0.2) is 11.1 Å². The summed E-state index contributed by atoms with van der Waals surface area (Å²) in [5, 5.41) is 8.64. The van der Waals surface area contributed by atoms with E-state index in [9.17, 15) is 4.79 Å². The Morgan fingerprint density at radius 1 is 1.50 bits per heavy atom. The molecule has 1 rings (SSSR count). The average molecular weight is 187 g/mol. The van der Waals surface area contributed by atoms with Crippen molar-refractivity contribution in [2.24, 2.45) is 0 Å². The molecule has 0 aliphatic heterocycles. The van der Waals surface area contributed by atoms with Crippen molar-refractivity contribution >= 4 is 23.2 Å². The maximum atomic E-state index is 10.8. The summed E-state index contributed by atoms with van der Waals surface area (Å²) in [5.41, 5.74) is 7.49. The zero-order chi connectivity index (χ0) is 9.14. The molecule has 0 unspecified atom stereocenters. The lowest BCUT2D eigenvalue weighted by atomic mass is 10.2. The van der Waals surface area contributed by atoms with Gasteiger partial charge in [0.1, 0.15) is 0 Å². The van der Waals surface area contributed by atoms with Crippen molar-refractivity contribution in [2.75, 3.05) is 5.73 Å². The second-order valence-electron chi connectivity index (χ2n) is 2.21. The van der Waals surface area contributed by atoms with Crippen LogP contribution in [0.2, 0.25) is 5.02 Å². The number of hydrogen-bond acceptors (Lipinski definition) is 3. The van der Waals surface area contributed by atoms with E-state index in [0.29, 0.717) is 10.7 Å². The zero-order valence-corrected chi connectivity index (χ0v) is 6.80. The van der Waals surface area contributed by atoms with Gasteiger partial charge in [0.05, 0.1) is 0 Å². The molecule has 0 spiro atoms. The van der Waals surface area contributed by atoms with Gasteiger partial charge in [0, 0.05) is 16.3 Å². The van der Waals surface area contributed by atoms with Crippen LogP contribution in [0, 0.1) is 0 Å². The Morgan fingerprint density at radius 2 is 2.17 bits per heavy atom. The number of amides is 1. The van der Waals surface area contributed by atoms with Crippen LogP contribution in [-0.2, 0) is 0 Å². The first kappa shape index (κ1) is 8.83. The molecule has 0 fully saturated rings. The number of nitrogen functional groups attached to an aromatic ring is 1. The second kappa shape index (κ2) is 3.42. The van der Waals surface area contributed by atoms with Crippen molar-refractivity contribution in [1.29, 1.82) is 0 Å². The van der Waals surface area contributed by atoms with E-state index in [1.807, 2.05) is 0 Å². The minimum Gasteiger partial charge on any atom is -0.399 e. The topological polar surface area (TPSA) is 75.4 Å². The fourth-order valence-corrected chi connectivity index (χ4v) is 1.05. The first-order valence-electron chi connectivity index (χ1n) is 3.14. The SMILES string of the molecule is Nc1cc(Cl)cc(C(=O)NO)c1. The number of nitrogens with one attached hydrogen (secondary N) is 1. The number of hydrogen-bond donors (Lipinski definition) is 3. The van der Waals surface area contributed by atoms with Gasteiger partial charge in [-0.15, -0.1) is 0 Å². The molecule has 1 aromatic rings. The molecule has 0 atom stereocenters. The number of anilines is 1. The molecule has 4 nitrogen and oxygen atoms in total. The molecule has 0 aliphatic carbocycles. The first-order chi connectivity index (χ1) is 5.63. The summed E-state index contributed by atoms with van der Waals surface area (Å²) in [7, 11) is 0. The Kier molecular flexibility index (Phi) is 2.52. The third kappa shape index (κ3) is 1.87. The van der Waals surface area contributed by atoms with Crippen molar-refractivity contribution < 1.29 is 10.0 Å². The summed E-state index contributed by atoms with van der Waals surface area (Å²) < 4.78 is 0. The number of carbonyl (C=O) groups excluding carboxylic acids is 1. The molecule has 0 saturated carbocycles. The number of nitrogens with two attached hydrogens (primary N) is 1. The number of carbonyl (C=O) groups is 1. The molecule has 0 radical (unpaired) electrons. The van der Waals surface area contributed by atoms with Gasteiger partial charge in [0.2, 0.25) is 0 Å².